The molecule has 0 aromatic heterocycles. The van der Waals surface area contributed by atoms with Gasteiger partial charge in [-0.15, -0.1) is 12.4 Å². The zero-order valence-corrected chi connectivity index (χ0v) is 10.9. The first-order chi connectivity index (χ1) is 7.69. The lowest BCUT2D eigenvalue weighted by Gasteiger charge is -2.21. The molecule has 0 saturated heterocycles. The van der Waals surface area contributed by atoms with Gasteiger partial charge < -0.3 is 10.2 Å². The summed E-state index contributed by atoms with van der Waals surface area (Å²) in [7, 11) is 1.81. The van der Waals surface area contributed by atoms with Crippen molar-refractivity contribution >= 4 is 24.0 Å². The van der Waals surface area contributed by atoms with Gasteiger partial charge in [0.15, 0.2) is 0 Å². The van der Waals surface area contributed by atoms with Gasteiger partial charge in [-0.25, -0.2) is 4.39 Å². The largest absolute Gasteiger partial charge is 0.319 e. The minimum absolute atomic E-state index is 0. The number of carbonyl (C=O) groups excluding carboxylic acids is 1. The number of halogens is 2. The third kappa shape index (κ3) is 4.71. The lowest BCUT2D eigenvalue weighted by Crippen LogP contribution is -2.32. The Bertz CT molecular complexity index is 343. The third-order valence-electron chi connectivity index (χ3n) is 2.34. The highest BCUT2D eigenvalue weighted by Crippen LogP contribution is 2.15. The van der Waals surface area contributed by atoms with E-state index in [0.717, 1.165) is 5.69 Å². The van der Waals surface area contributed by atoms with Crippen LogP contribution in [0.4, 0.5) is 10.1 Å². The molecule has 0 fully saturated rings. The zero-order valence-electron chi connectivity index (χ0n) is 10.1. The summed E-state index contributed by atoms with van der Waals surface area (Å²) in [6, 6.07) is 5.97. The minimum Gasteiger partial charge on any atom is -0.319 e. The Kier molecular flexibility index (Phi) is 7.50. The summed E-state index contributed by atoms with van der Waals surface area (Å²) < 4.78 is 12.7. The van der Waals surface area contributed by atoms with Crippen LogP contribution in [0.5, 0.6) is 0 Å². The van der Waals surface area contributed by atoms with Crippen LogP contribution in [0.2, 0.25) is 0 Å². The molecule has 0 unspecified atom stereocenters. The normalized spacial score (nSPS) is 9.59. The molecule has 0 aliphatic rings. The van der Waals surface area contributed by atoms with Crippen molar-refractivity contribution < 1.29 is 9.18 Å². The fraction of sp³-hybridized carbons (Fsp3) is 0.417. The molecule has 17 heavy (non-hydrogen) atoms. The number of nitrogens with one attached hydrogen (secondary N) is 1. The molecule has 0 aliphatic heterocycles. The van der Waals surface area contributed by atoms with Crippen LogP contribution in [-0.2, 0) is 4.79 Å². The Morgan fingerprint density at radius 2 is 1.94 bits per heavy atom. The van der Waals surface area contributed by atoms with Gasteiger partial charge in [0.25, 0.3) is 0 Å². The number of hydrogen-bond acceptors (Lipinski definition) is 2. The van der Waals surface area contributed by atoms with Crippen LogP contribution in [0.25, 0.3) is 0 Å². The van der Waals surface area contributed by atoms with Crippen molar-refractivity contribution in [2.24, 2.45) is 0 Å². The molecule has 0 atom stereocenters. The highest BCUT2D eigenvalue weighted by Gasteiger charge is 2.12. The Balaban J connectivity index is 0.00000256. The Labute approximate surface area is 107 Å². The average Bonchev–Trinajstić information content (AvgIpc) is 2.30. The molecule has 5 heteroatoms. The molecule has 1 N–H and O–H groups in total. The summed E-state index contributed by atoms with van der Waals surface area (Å²) in [5.74, 6) is -0.245. The predicted octanol–water partition coefficient (Wildman–Crippen LogP) is 2.21. The van der Waals surface area contributed by atoms with E-state index >= 15 is 0 Å². The second kappa shape index (κ2) is 8.03. The smallest absolute Gasteiger partial charge is 0.228 e. The van der Waals surface area contributed by atoms with Crippen molar-refractivity contribution in [2.75, 3.05) is 25.0 Å². The molecule has 0 saturated carbocycles. The van der Waals surface area contributed by atoms with Crippen LogP contribution in [-0.4, -0.2) is 26.0 Å². The van der Waals surface area contributed by atoms with E-state index in [9.17, 15) is 9.18 Å². The lowest BCUT2D eigenvalue weighted by atomic mass is 10.2. The molecule has 1 aromatic rings. The van der Waals surface area contributed by atoms with Crippen molar-refractivity contribution in [2.45, 2.75) is 13.3 Å². The number of rotatable bonds is 5. The van der Waals surface area contributed by atoms with Gasteiger partial charge in [0.05, 0.1) is 0 Å². The minimum atomic E-state index is -0.289. The van der Waals surface area contributed by atoms with E-state index in [2.05, 4.69) is 5.32 Å². The van der Waals surface area contributed by atoms with Crippen molar-refractivity contribution in [3.8, 4) is 0 Å². The van der Waals surface area contributed by atoms with Crippen LogP contribution in [0.1, 0.15) is 13.3 Å². The molecule has 0 radical (unpaired) electrons. The molecule has 3 nitrogen and oxygen atoms in total. The maximum atomic E-state index is 12.7. The summed E-state index contributed by atoms with van der Waals surface area (Å²) in [4.78, 5) is 13.5. The first kappa shape index (κ1) is 15.9. The summed E-state index contributed by atoms with van der Waals surface area (Å²) in [6.07, 6.45) is 0.446. The standard InChI is InChI=1S/C12H17FN2O.ClH/c1-3-15(12(16)8-9-14-2)11-6-4-10(13)5-7-11;/h4-7,14H,3,8-9H2,1-2H3;1H. The fourth-order valence-corrected chi connectivity index (χ4v) is 1.49. The maximum absolute atomic E-state index is 12.7. The third-order valence-corrected chi connectivity index (χ3v) is 2.34. The quantitative estimate of drug-likeness (QED) is 0.880. The second-order valence-corrected chi connectivity index (χ2v) is 3.47. The van der Waals surface area contributed by atoms with Crippen molar-refractivity contribution in [1.82, 2.24) is 5.32 Å². The highest BCUT2D eigenvalue weighted by atomic mass is 35.5. The summed E-state index contributed by atoms with van der Waals surface area (Å²) in [5, 5.41) is 2.93. The van der Waals surface area contributed by atoms with Crippen LogP contribution in [0, 0.1) is 5.82 Å². The van der Waals surface area contributed by atoms with Gasteiger partial charge in [0.2, 0.25) is 5.91 Å². The number of nitrogens with zero attached hydrogens (tertiary/aromatic N) is 1. The molecule has 0 heterocycles. The van der Waals surface area contributed by atoms with Gasteiger partial charge >= 0.3 is 0 Å². The van der Waals surface area contributed by atoms with E-state index in [1.165, 1.54) is 12.1 Å². The van der Waals surface area contributed by atoms with Gasteiger partial charge in [0.1, 0.15) is 5.82 Å². The monoisotopic (exact) mass is 260 g/mol. The van der Waals surface area contributed by atoms with E-state index < -0.39 is 0 Å². The SMILES string of the molecule is CCN(C(=O)CCNC)c1ccc(F)cc1.Cl. The van der Waals surface area contributed by atoms with Crippen molar-refractivity contribution in [3.63, 3.8) is 0 Å². The van der Waals surface area contributed by atoms with E-state index in [4.69, 9.17) is 0 Å². The van der Waals surface area contributed by atoms with Crippen molar-refractivity contribution in [1.29, 1.82) is 0 Å². The van der Waals surface area contributed by atoms with Crippen LogP contribution in [0.3, 0.4) is 0 Å². The summed E-state index contributed by atoms with van der Waals surface area (Å²) in [5.41, 5.74) is 0.741. The first-order valence-electron chi connectivity index (χ1n) is 5.39. The molecule has 0 spiro atoms. The Morgan fingerprint density at radius 1 is 1.35 bits per heavy atom. The lowest BCUT2D eigenvalue weighted by molar-refractivity contribution is -0.118. The predicted molar refractivity (Wildman–Crippen MR) is 70.2 cm³/mol. The number of hydrogen-bond donors (Lipinski definition) is 1. The van der Waals surface area contributed by atoms with Crippen LogP contribution in [0.15, 0.2) is 24.3 Å². The molecule has 1 amide bonds. The number of amides is 1. The second-order valence-electron chi connectivity index (χ2n) is 3.47. The molecule has 96 valence electrons. The van der Waals surface area contributed by atoms with Crippen LogP contribution >= 0.6 is 12.4 Å². The molecule has 1 aromatic carbocycles. The Morgan fingerprint density at radius 3 is 2.41 bits per heavy atom. The van der Waals surface area contributed by atoms with E-state index in [1.807, 2.05) is 14.0 Å². The number of anilines is 1. The molecule has 1 rings (SSSR count). The summed E-state index contributed by atoms with van der Waals surface area (Å²) in [6.45, 7) is 3.14. The Hall–Kier alpha value is -1.13. The molecular weight excluding hydrogens is 243 g/mol. The first-order valence-corrected chi connectivity index (χ1v) is 5.39. The fourth-order valence-electron chi connectivity index (χ4n) is 1.49. The highest BCUT2D eigenvalue weighted by molar-refractivity contribution is 5.93. The summed E-state index contributed by atoms with van der Waals surface area (Å²) >= 11 is 0. The number of benzene rings is 1. The van der Waals surface area contributed by atoms with Crippen molar-refractivity contribution in [3.05, 3.63) is 30.1 Å². The molecule has 0 aliphatic carbocycles. The van der Waals surface area contributed by atoms with Gasteiger partial charge in [-0.3, -0.25) is 4.79 Å². The van der Waals surface area contributed by atoms with Gasteiger partial charge in [0, 0.05) is 25.2 Å². The molecular formula is C12H18ClFN2O. The molecule has 0 bridgehead atoms. The van der Waals surface area contributed by atoms with Crippen LogP contribution < -0.4 is 10.2 Å². The van der Waals surface area contributed by atoms with E-state index in [1.54, 1.807) is 17.0 Å². The van der Waals surface area contributed by atoms with Gasteiger partial charge in [-0.2, -0.15) is 0 Å². The van der Waals surface area contributed by atoms with E-state index in [0.29, 0.717) is 19.5 Å². The van der Waals surface area contributed by atoms with E-state index in [-0.39, 0.29) is 24.1 Å². The number of carbonyl (C=O) groups is 1. The maximum Gasteiger partial charge on any atom is 0.228 e. The van der Waals surface area contributed by atoms with Gasteiger partial charge in [-0.05, 0) is 38.2 Å². The average molecular weight is 261 g/mol. The van der Waals surface area contributed by atoms with Gasteiger partial charge in [-0.1, -0.05) is 0 Å². The zero-order chi connectivity index (χ0) is 12.0. The topological polar surface area (TPSA) is 32.3 Å².